The molecule has 98 valence electrons. The molecule has 1 aromatic rings. The van der Waals surface area contributed by atoms with E-state index in [1.54, 1.807) is 26.0 Å². The lowest BCUT2D eigenvalue weighted by Crippen LogP contribution is -2.41. The summed E-state index contributed by atoms with van der Waals surface area (Å²) in [7, 11) is 0. The zero-order chi connectivity index (χ0) is 13.8. The van der Waals surface area contributed by atoms with E-state index < -0.39 is 11.4 Å². The van der Waals surface area contributed by atoms with Crippen LogP contribution in [-0.2, 0) is 11.3 Å². The maximum Gasteiger partial charge on any atom is 0.335 e. The van der Waals surface area contributed by atoms with Gasteiger partial charge >= 0.3 is 5.97 Å². The smallest absolute Gasteiger partial charge is 0.335 e. The van der Waals surface area contributed by atoms with Gasteiger partial charge in [0.15, 0.2) is 0 Å². The largest absolute Gasteiger partial charge is 0.478 e. The minimum Gasteiger partial charge on any atom is -0.478 e. The molecule has 0 fully saturated rings. The van der Waals surface area contributed by atoms with Crippen LogP contribution in [0.1, 0.15) is 29.8 Å². The van der Waals surface area contributed by atoms with Crippen molar-refractivity contribution in [3.8, 4) is 0 Å². The van der Waals surface area contributed by atoms with E-state index in [4.69, 9.17) is 10.8 Å². The number of hydrogen-bond donors (Lipinski definition) is 3. The topological polar surface area (TPSA) is 92.4 Å². The number of hydrogen-bond acceptors (Lipinski definition) is 3. The van der Waals surface area contributed by atoms with Gasteiger partial charge in [-0.15, -0.1) is 0 Å². The molecule has 0 saturated heterocycles. The molecule has 1 aromatic carbocycles. The van der Waals surface area contributed by atoms with Gasteiger partial charge in [-0.3, -0.25) is 4.79 Å². The maximum atomic E-state index is 11.8. The van der Waals surface area contributed by atoms with Crippen molar-refractivity contribution in [1.82, 2.24) is 5.32 Å². The zero-order valence-electron chi connectivity index (χ0n) is 10.6. The third kappa shape index (κ3) is 3.56. The molecular formula is C13H18N2O3. The van der Waals surface area contributed by atoms with Crippen LogP contribution in [0.4, 0.5) is 0 Å². The van der Waals surface area contributed by atoms with Gasteiger partial charge < -0.3 is 16.2 Å². The van der Waals surface area contributed by atoms with E-state index in [1.165, 1.54) is 12.1 Å². The van der Waals surface area contributed by atoms with Crippen LogP contribution in [-0.4, -0.2) is 23.5 Å². The molecule has 0 bridgehead atoms. The fourth-order valence-corrected chi connectivity index (χ4v) is 1.33. The lowest BCUT2D eigenvalue weighted by Gasteiger charge is -2.21. The summed E-state index contributed by atoms with van der Waals surface area (Å²) < 4.78 is 0. The Balaban J connectivity index is 2.67. The minimum absolute atomic E-state index is 0.147. The summed E-state index contributed by atoms with van der Waals surface area (Å²) in [5.74, 6) is -1.13. The standard InChI is InChI=1S/C13H18N2O3/c1-13(2,8-14)12(18)15-7-9-4-3-5-10(6-9)11(16)17/h3-6H,7-8,14H2,1-2H3,(H,15,18)(H,16,17). The summed E-state index contributed by atoms with van der Waals surface area (Å²) in [4.78, 5) is 22.6. The number of benzene rings is 1. The Kier molecular flexibility index (Phi) is 4.44. The number of nitrogens with one attached hydrogen (secondary N) is 1. The van der Waals surface area contributed by atoms with Gasteiger partial charge in [0.05, 0.1) is 11.0 Å². The summed E-state index contributed by atoms with van der Waals surface area (Å²) in [5, 5.41) is 11.6. The van der Waals surface area contributed by atoms with Crippen molar-refractivity contribution in [2.24, 2.45) is 11.1 Å². The number of nitrogens with two attached hydrogens (primary N) is 1. The Morgan fingerprint density at radius 2 is 2.06 bits per heavy atom. The van der Waals surface area contributed by atoms with Crippen LogP contribution in [0.3, 0.4) is 0 Å². The molecule has 0 aliphatic rings. The van der Waals surface area contributed by atoms with Crippen LogP contribution >= 0.6 is 0 Å². The molecule has 5 nitrogen and oxygen atoms in total. The number of carbonyl (C=O) groups is 2. The van der Waals surface area contributed by atoms with Gasteiger partial charge in [-0.1, -0.05) is 12.1 Å². The van der Waals surface area contributed by atoms with E-state index >= 15 is 0 Å². The fraction of sp³-hybridized carbons (Fsp3) is 0.385. The van der Waals surface area contributed by atoms with Gasteiger partial charge in [0.25, 0.3) is 0 Å². The van der Waals surface area contributed by atoms with E-state index in [2.05, 4.69) is 5.32 Å². The normalized spacial score (nSPS) is 11.1. The molecule has 0 atom stereocenters. The van der Waals surface area contributed by atoms with E-state index in [0.29, 0.717) is 6.54 Å². The number of carboxylic acid groups (broad SMARTS) is 1. The van der Waals surface area contributed by atoms with E-state index in [-0.39, 0.29) is 18.0 Å². The van der Waals surface area contributed by atoms with E-state index in [9.17, 15) is 9.59 Å². The van der Waals surface area contributed by atoms with Crippen LogP contribution < -0.4 is 11.1 Å². The molecule has 0 heterocycles. The summed E-state index contributed by atoms with van der Waals surface area (Å²) in [6, 6.07) is 6.47. The highest BCUT2D eigenvalue weighted by Crippen LogP contribution is 2.13. The molecule has 5 heteroatoms. The first-order chi connectivity index (χ1) is 8.36. The quantitative estimate of drug-likeness (QED) is 0.726. The van der Waals surface area contributed by atoms with Crippen molar-refractivity contribution >= 4 is 11.9 Å². The Morgan fingerprint density at radius 1 is 1.39 bits per heavy atom. The lowest BCUT2D eigenvalue weighted by atomic mass is 9.92. The number of rotatable bonds is 5. The molecule has 0 aliphatic carbocycles. The second-order valence-corrected chi connectivity index (χ2v) is 4.78. The Hall–Kier alpha value is -1.88. The highest BCUT2D eigenvalue weighted by molar-refractivity contribution is 5.87. The Bertz CT molecular complexity index is 455. The number of amides is 1. The third-order valence-electron chi connectivity index (χ3n) is 2.75. The monoisotopic (exact) mass is 250 g/mol. The zero-order valence-corrected chi connectivity index (χ0v) is 10.6. The first-order valence-corrected chi connectivity index (χ1v) is 5.67. The molecule has 0 radical (unpaired) electrons. The molecule has 0 aromatic heterocycles. The molecule has 1 rings (SSSR count). The molecule has 1 amide bonds. The van der Waals surface area contributed by atoms with Crippen LogP contribution in [0.5, 0.6) is 0 Å². The summed E-state index contributed by atoms with van der Waals surface area (Å²) >= 11 is 0. The molecule has 0 aliphatic heterocycles. The van der Waals surface area contributed by atoms with Crippen molar-refractivity contribution in [2.45, 2.75) is 20.4 Å². The van der Waals surface area contributed by atoms with Crippen LogP contribution in [0, 0.1) is 5.41 Å². The summed E-state index contributed by atoms with van der Waals surface area (Å²) in [6.45, 7) is 4.07. The second kappa shape index (κ2) is 5.64. The van der Waals surface area contributed by atoms with Crippen LogP contribution in [0.2, 0.25) is 0 Å². The molecule has 18 heavy (non-hydrogen) atoms. The molecule has 0 spiro atoms. The number of carbonyl (C=O) groups excluding carboxylic acids is 1. The first kappa shape index (κ1) is 14.2. The lowest BCUT2D eigenvalue weighted by molar-refractivity contribution is -0.129. The molecular weight excluding hydrogens is 232 g/mol. The third-order valence-corrected chi connectivity index (χ3v) is 2.75. The van der Waals surface area contributed by atoms with Crippen molar-refractivity contribution in [3.05, 3.63) is 35.4 Å². The SMILES string of the molecule is CC(C)(CN)C(=O)NCc1cccc(C(=O)O)c1. The van der Waals surface area contributed by atoms with Gasteiger partial charge in [-0.2, -0.15) is 0 Å². The van der Waals surface area contributed by atoms with Gasteiger partial charge in [0, 0.05) is 13.1 Å². The van der Waals surface area contributed by atoms with Crippen LogP contribution in [0.25, 0.3) is 0 Å². The van der Waals surface area contributed by atoms with Crippen LogP contribution in [0.15, 0.2) is 24.3 Å². The van der Waals surface area contributed by atoms with Crippen molar-refractivity contribution in [3.63, 3.8) is 0 Å². The highest BCUT2D eigenvalue weighted by Gasteiger charge is 2.25. The van der Waals surface area contributed by atoms with E-state index in [1.807, 2.05) is 0 Å². The minimum atomic E-state index is -0.981. The van der Waals surface area contributed by atoms with E-state index in [0.717, 1.165) is 5.56 Å². The van der Waals surface area contributed by atoms with Gasteiger partial charge in [0.1, 0.15) is 0 Å². The second-order valence-electron chi connectivity index (χ2n) is 4.78. The predicted octanol–water partition coefficient (Wildman–Crippen LogP) is 0.986. The molecule has 0 unspecified atom stereocenters. The fourth-order valence-electron chi connectivity index (χ4n) is 1.33. The average Bonchev–Trinajstić information content (AvgIpc) is 2.36. The summed E-state index contributed by atoms with van der Waals surface area (Å²) in [6.07, 6.45) is 0. The Morgan fingerprint density at radius 3 is 2.61 bits per heavy atom. The summed E-state index contributed by atoms with van der Waals surface area (Å²) in [5.41, 5.74) is 5.84. The molecule has 4 N–H and O–H groups in total. The first-order valence-electron chi connectivity index (χ1n) is 5.67. The van der Waals surface area contributed by atoms with Crippen molar-refractivity contribution in [2.75, 3.05) is 6.54 Å². The van der Waals surface area contributed by atoms with Crippen molar-refractivity contribution < 1.29 is 14.7 Å². The maximum absolute atomic E-state index is 11.8. The highest BCUT2D eigenvalue weighted by atomic mass is 16.4. The predicted molar refractivity (Wildman–Crippen MR) is 68.1 cm³/mol. The Labute approximate surface area is 106 Å². The van der Waals surface area contributed by atoms with Crippen molar-refractivity contribution in [1.29, 1.82) is 0 Å². The molecule has 0 saturated carbocycles. The van der Waals surface area contributed by atoms with Gasteiger partial charge in [0.2, 0.25) is 5.91 Å². The van der Waals surface area contributed by atoms with Gasteiger partial charge in [-0.05, 0) is 31.5 Å². The number of aromatic carboxylic acids is 1. The van der Waals surface area contributed by atoms with Gasteiger partial charge in [-0.25, -0.2) is 4.79 Å². The number of carboxylic acids is 1. The average molecular weight is 250 g/mol.